The molecule has 382 valence electrons. The van der Waals surface area contributed by atoms with Crippen LogP contribution in [0, 0.1) is 29.6 Å². The molecule has 0 aliphatic carbocycles. The number of benzene rings is 7. The predicted molar refractivity (Wildman–Crippen MR) is 306 cm³/mol. The van der Waals surface area contributed by atoms with Gasteiger partial charge in [-0.25, -0.2) is 4.98 Å². The summed E-state index contributed by atoms with van der Waals surface area (Å²) in [6, 6.07) is 67.0. The first-order valence-corrected chi connectivity index (χ1v) is 26.0. The Bertz CT molecular complexity index is 3410. The SMILES string of the molecule is CC(C)(C)c1cc(Oc2[c-]c3c(cc2)c2ccccc2n3-c2cc(C(C)(C)C)ccn2)[c-]c(N2[CH-]N(c3c(C(C)(c4ccccc4)C(C)(C)C)cccc3C(C)(c3ccccc3)C(C)(C)C)c3ccccc32)c1.[Pt]. The van der Waals surface area contributed by atoms with E-state index in [2.05, 4.69) is 288 Å². The third-order valence-corrected chi connectivity index (χ3v) is 16.3. The summed E-state index contributed by atoms with van der Waals surface area (Å²) in [5.41, 5.74) is 12.2. The van der Waals surface area contributed by atoms with Gasteiger partial charge in [0.25, 0.3) is 0 Å². The van der Waals surface area contributed by atoms with Gasteiger partial charge in [0.15, 0.2) is 0 Å². The monoisotopic (exact) mass is 1150 g/mol. The zero-order valence-corrected chi connectivity index (χ0v) is 48.0. The molecule has 0 bridgehead atoms. The number of hydrogen-bond acceptors (Lipinski definition) is 4. The van der Waals surface area contributed by atoms with Crippen LogP contribution in [0.4, 0.5) is 22.7 Å². The van der Waals surface area contributed by atoms with E-state index in [4.69, 9.17) is 9.72 Å². The second kappa shape index (κ2) is 19.1. The molecular weight excluding hydrogens is 1080 g/mol. The molecule has 2 atom stereocenters. The van der Waals surface area contributed by atoms with Crippen molar-refractivity contribution in [3.05, 3.63) is 222 Å². The van der Waals surface area contributed by atoms with Gasteiger partial charge in [0.1, 0.15) is 5.82 Å². The summed E-state index contributed by atoms with van der Waals surface area (Å²) < 4.78 is 9.21. The molecule has 2 aromatic heterocycles. The molecule has 74 heavy (non-hydrogen) atoms. The van der Waals surface area contributed by atoms with E-state index < -0.39 is 10.8 Å². The Balaban J connectivity index is 0.00000672. The van der Waals surface area contributed by atoms with Crippen molar-refractivity contribution in [3.8, 4) is 17.3 Å². The molecule has 1 aliphatic heterocycles. The molecular formula is C68H71N4OPt-3. The maximum atomic E-state index is 6.99. The summed E-state index contributed by atoms with van der Waals surface area (Å²) in [6.07, 6.45) is 1.92. The van der Waals surface area contributed by atoms with Crippen LogP contribution in [0.5, 0.6) is 11.5 Å². The molecule has 0 saturated carbocycles. The second-order valence-corrected chi connectivity index (χ2v) is 24.6. The Morgan fingerprint density at radius 3 is 1.57 bits per heavy atom. The average Bonchev–Trinajstić information content (AvgIpc) is 3.91. The standard InChI is InChI=1S/C68H71N4O.Pt/c1-63(2,3)48-38-39-69-61(42-48)72-57-33-22-21-30-53(57)54-37-36-51(44-60(54)72)73-52-41-49(64(4,5)6)40-50(43-52)70-45-71(59-35-24-23-34-58(59)70)62-55(67(13,65(7,8)9)46-26-17-15-18-27-46)31-25-32-56(62)68(14,66(10,11)12)47-28-19-16-20-29-47;/h15-42,45H,1-14H3;/q-3;. The number of pyridine rings is 1. The van der Waals surface area contributed by atoms with Gasteiger partial charge in [-0.15, -0.1) is 53.6 Å². The van der Waals surface area contributed by atoms with E-state index in [1.807, 2.05) is 12.3 Å². The quantitative estimate of drug-likeness (QED) is 0.135. The first-order valence-electron chi connectivity index (χ1n) is 26.0. The summed E-state index contributed by atoms with van der Waals surface area (Å²) >= 11 is 0. The van der Waals surface area contributed by atoms with E-state index in [9.17, 15) is 0 Å². The molecule has 0 radical (unpaired) electrons. The Kier molecular flexibility index (Phi) is 13.5. The number of para-hydroxylation sites is 4. The number of ether oxygens (including phenoxy) is 1. The van der Waals surface area contributed by atoms with Gasteiger partial charge in [0.2, 0.25) is 0 Å². The van der Waals surface area contributed by atoms with Crippen molar-refractivity contribution in [3.63, 3.8) is 0 Å². The Hall–Kier alpha value is -6.42. The van der Waals surface area contributed by atoms with E-state index in [-0.39, 0.29) is 42.7 Å². The van der Waals surface area contributed by atoms with Gasteiger partial charge in [-0.3, -0.25) is 0 Å². The average molecular weight is 1160 g/mol. The largest absolute Gasteiger partial charge is 0.509 e. The van der Waals surface area contributed by atoms with Crippen LogP contribution in [0.1, 0.15) is 130 Å². The van der Waals surface area contributed by atoms with Crippen molar-refractivity contribution in [2.75, 3.05) is 9.80 Å². The zero-order valence-electron chi connectivity index (χ0n) is 45.8. The first-order chi connectivity index (χ1) is 34.5. The topological polar surface area (TPSA) is 33.5 Å². The zero-order chi connectivity index (χ0) is 51.9. The molecule has 0 amide bonds. The van der Waals surface area contributed by atoms with Crippen LogP contribution in [0.25, 0.3) is 27.6 Å². The summed E-state index contributed by atoms with van der Waals surface area (Å²) in [6.45, 7) is 35.0. The fraction of sp³-hybridized carbons (Fsp3) is 0.294. The van der Waals surface area contributed by atoms with Gasteiger partial charge in [-0.05, 0) is 85.2 Å². The molecule has 10 rings (SSSR count). The van der Waals surface area contributed by atoms with Crippen molar-refractivity contribution < 1.29 is 25.8 Å². The normalized spacial score (nSPS) is 14.9. The van der Waals surface area contributed by atoms with Gasteiger partial charge in [-0.2, -0.15) is 6.07 Å². The molecule has 3 heterocycles. The van der Waals surface area contributed by atoms with Crippen molar-refractivity contribution in [1.82, 2.24) is 9.55 Å². The molecule has 0 saturated heterocycles. The van der Waals surface area contributed by atoms with Crippen LogP contribution in [-0.2, 0) is 42.7 Å². The fourth-order valence-electron chi connectivity index (χ4n) is 11.1. The summed E-state index contributed by atoms with van der Waals surface area (Å²) in [5, 5.41) is 2.23. The molecule has 1 aliphatic rings. The maximum absolute atomic E-state index is 6.99. The number of hydrogen-bond donors (Lipinski definition) is 0. The van der Waals surface area contributed by atoms with Gasteiger partial charge >= 0.3 is 0 Å². The second-order valence-electron chi connectivity index (χ2n) is 24.6. The number of nitrogens with zero attached hydrogens (tertiary/aromatic N) is 4. The number of anilines is 4. The fourth-order valence-corrected chi connectivity index (χ4v) is 11.1. The third kappa shape index (κ3) is 8.97. The van der Waals surface area contributed by atoms with Gasteiger partial charge in [0.05, 0.1) is 0 Å². The minimum Gasteiger partial charge on any atom is -0.509 e. The van der Waals surface area contributed by atoms with Crippen LogP contribution in [0.15, 0.2) is 170 Å². The molecule has 2 unspecified atom stereocenters. The third-order valence-electron chi connectivity index (χ3n) is 16.3. The summed E-state index contributed by atoms with van der Waals surface area (Å²) in [7, 11) is 0. The van der Waals surface area contributed by atoms with Crippen LogP contribution in [0.3, 0.4) is 0 Å². The van der Waals surface area contributed by atoms with E-state index in [1.165, 1.54) is 33.5 Å². The van der Waals surface area contributed by atoms with E-state index >= 15 is 0 Å². The van der Waals surface area contributed by atoms with Gasteiger partial charge < -0.3 is 19.1 Å². The Morgan fingerprint density at radius 1 is 0.459 bits per heavy atom. The van der Waals surface area contributed by atoms with Crippen LogP contribution < -0.4 is 14.5 Å². The number of aromatic nitrogens is 2. The van der Waals surface area contributed by atoms with E-state index in [0.717, 1.165) is 50.2 Å². The molecule has 9 aromatic rings. The van der Waals surface area contributed by atoms with E-state index in [1.54, 1.807) is 0 Å². The molecule has 6 heteroatoms. The van der Waals surface area contributed by atoms with Crippen LogP contribution >= 0.6 is 0 Å². The van der Waals surface area contributed by atoms with Crippen molar-refractivity contribution >= 4 is 44.6 Å². The number of fused-ring (bicyclic) bond motifs is 4. The Morgan fingerprint density at radius 2 is 1.00 bits per heavy atom. The number of rotatable bonds is 9. The van der Waals surface area contributed by atoms with Crippen molar-refractivity contribution in [2.45, 2.75) is 119 Å². The van der Waals surface area contributed by atoms with Gasteiger partial charge in [0, 0.05) is 72.2 Å². The molecule has 0 fully saturated rings. The maximum Gasteiger partial charge on any atom is 0.135 e. The molecule has 0 N–H and O–H groups in total. The molecule has 0 spiro atoms. The minimum absolute atomic E-state index is 0. The van der Waals surface area contributed by atoms with Crippen LogP contribution in [0.2, 0.25) is 0 Å². The smallest absolute Gasteiger partial charge is 0.135 e. The molecule has 7 aromatic carbocycles. The first kappa shape index (κ1) is 52.4. The summed E-state index contributed by atoms with van der Waals surface area (Å²) in [5.74, 6) is 2.08. The van der Waals surface area contributed by atoms with Crippen LogP contribution in [-0.4, -0.2) is 9.55 Å². The van der Waals surface area contributed by atoms with Crippen molar-refractivity contribution in [2.24, 2.45) is 10.8 Å². The minimum atomic E-state index is -0.417. The van der Waals surface area contributed by atoms with E-state index in [0.29, 0.717) is 11.5 Å². The summed E-state index contributed by atoms with van der Waals surface area (Å²) in [4.78, 5) is 9.71. The van der Waals surface area contributed by atoms with Crippen molar-refractivity contribution in [1.29, 1.82) is 0 Å². The Labute approximate surface area is 455 Å². The predicted octanol–water partition coefficient (Wildman–Crippen LogP) is 18.3. The van der Waals surface area contributed by atoms with Gasteiger partial charge in [-0.1, -0.05) is 212 Å². The molecule has 5 nitrogen and oxygen atoms in total.